The number of benzene rings is 1. The minimum Gasteiger partial charge on any atom is -0.480 e. The lowest BCUT2D eigenvalue weighted by Crippen LogP contribution is -2.43. The molecule has 128 valence electrons. The Kier molecular flexibility index (Phi) is 7.95. The van der Waals surface area contributed by atoms with E-state index in [9.17, 15) is 19.3 Å². The highest BCUT2D eigenvalue weighted by atomic mass is 31.2. The fourth-order valence-corrected chi connectivity index (χ4v) is 3.47. The Morgan fingerprint density at radius 3 is 2.22 bits per heavy atom. The minimum atomic E-state index is -3.55. The van der Waals surface area contributed by atoms with Gasteiger partial charge in [0.2, 0.25) is 5.91 Å². The molecule has 1 atom stereocenters. The normalized spacial score (nSPS) is 12.6. The van der Waals surface area contributed by atoms with E-state index in [1.165, 1.54) is 0 Å². The van der Waals surface area contributed by atoms with E-state index in [4.69, 9.17) is 9.05 Å². The Labute approximate surface area is 135 Å². The predicted molar refractivity (Wildman–Crippen MR) is 85.4 cm³/mol. The summed E-state index contributed by atoms with van der Waals surface area (Å²) in [5.74, 6) is -1.84. The Balaban J connectivity index is 2.70. The van der Waals surface area contributed by atoms with E-state index in [1.54, 1.807) is 38.1 Å². The van der Waals surface area contributed by atoms with Crippen LogP contribution in [0.15, 0.2) is 30.3 Å². The molecule has 0 aliphatic rings. The summed E-state index contributed by atoms with van der Waals surface area (Å²) < 4.78 is 22.3. The Morgan fingerprint density at radius 1 is 1.17 bits per heavy atom. The molecular weight excluding hydrogens is 321 g/mol. The molecule has 0 aliphatic carbocycles. The maximum atomic E-state index is 12.3. The van der Waals surface area contributed by atoms with E-state index in [1.807, 2.05) is 6.07 Å². The van der Waals surface area contributed by atoms with Gasteiger partial charge < -0.3 is 19.5 Å². The van der Waals surface area contributed by atoms with Gasteiger partial charge in [-0.1, -0.05) is 30.3 Å². The van der Waals surface area contributed by atoms with Crippen LogP contribution in [0.1, 0.15) is 19.4 Å². The van der Waals surface area contributed by atoms with Gasteiger partial charge in [-0.25, -0.2) is 4.79 Å². The summed E-state index contributed by atoms with van der Waals surface area (Å²) >= 11 is 0. The number of carboxylic acids is 1. The molecule has 1 aromatic rings. The van der Waals surface area contributed by atoms with Crippen molar-refractivity contribution in [2.75, 3.05) is 19.4 Å². The van der Waals surface area contributed by atoms with Crippen molar-refractivity contribution in [1.82, 2.24) is 5.32 Å². The average Bonchev–Trinajstić information content (AvgIpc) is 2.47. The number of hydrogen-bond donors (Lipinski definition) is 2. The number of aliphatic carboxylic acids is 1. The van der Waals surface area contributed by atoms with Crippen LogP contribution in [-0.4, -0.2) is 42.4 Å². The zero-order chi connectivity index (χ0) is 17.3. The number of rotatable bonds is 10. The Morgan fingerprint density at radius 2 is 1.74 bits per heavy atom. The minimum absolute atomic E-state index is 0.134. The molecule has 0 saturated heterocycles. The summed E-state index contributed by atoms with van der Waals surface area (Å²) in [7, 11) is -3.55. The number of carboxylic acid groups (broad SMARTS) is 1. The SMILES string of the molecule is CCOP(=O)(CC(=O)N[C@@H](Cc1ccccc1)C(=O)O)OCC. The second-order valence-electron chi connectivity index (χ2n) is 4.75. The number of amides is 1. The van der Waals surface area contributed by atoms with Crippen LogP contribution in [-0.2, 0) is 29.6 Å². The van der Waals surface area contributed by atoms with Crippen molar-refractivity contribution >= 4 is 19.5 Å². The van der Waals surface area contributed by atoms with Crippen molar-refractivity contribution in [3.05, 3.63) is 35.9 Å². The number of nitrogens with one attached hydrogen (secondary N) is 1. The van der Waals surface area contributed by atoms with Crippen molar-refractivity contribution in [3.8, 4) is 0 Å². The molecule has 23 heavy (non-hydrogen) atoms. The molecule has 7 nitrogen and oxygen atoms in total. The highest BCUT2D eigenvalue weighted by Crippen LogP contribution is 2.47. The third-order valence-electron chi connectivity index (χ3n) is 2.90. The average molecular weight is 343 g/mol. The molecule has 0 heterocycles. The van der Waals surface area contributed by atoms with Crippen LogP contribution >= 0.6 is 7.60 Å². The maximum Gasteiger partial charge on any atom is 0.340 e. The van der Waals surface area contributed by atoms with Crippen LogP contribution in [0.2, 0.25) is 0 Å². The van der Waals surface area contributed by atoms with E-state index >= 15 is 0 Å². The molecule has 1 amide bonds. The van der Waals surface area contributed by atoms with E-state index < -0.39 is 31.7 Å². The molecule has 0 unspecified atom stereocenters. The molecule has 0 aromatic heterocycles. The van der Waals surface area contributed by atoms with Crippen molar-refractivity contribution in [1.29, 1.82) is 0 Å². The lowest BCUT2D eigenvalue weighted by Gasteiger charge is -2.19. The standard InChI is InChI=1S/C15H22NO6P/c1-3-21-23(20,22-4-2)11-14(17)16-13(15(18)19)10-12-8-6-5-7-9-12/h5-9,13H,3-4,10-11H2,1-2H3,(H,16,17)(H,18,19)/t13-/m0/s1. The van der Waals surface area contributed by atoms with Gasteiger partial charge in [-0.2, -0.15) is 0 Å². The van der Waals surface area contributed by atoms with Crippen LogP contribution in [0, 0.1) is 0 Å². The van der Waals surface area contributed by atoms with E-state index in [-0.39, 0.29) is 19.6 Å². The zero-order valence-electron chi connectivity index (χ0n) is 13.2. The molecule has 0 saturated carbocycles. The van der Waals surface area contributed by atoms with Gasteiger partial charge in [0.1, 0.15) is 12.2 Å². The Hall–Kier alpha value is -1.69. The molecule has 0 fully saturated rings. The number of hydrogen-bond acceptors (Lipinski definition) is 5. The van der Waals surface area contributed by atoms with Gasteiger partial charge in [-0.3, -0.25) is 9.36 Å². The highest BCUT2D eigenvalue weighted by Gasteiger charge is 2.30. The topological polar surface area (TPSA) is 102 Å². The fourth-order valence-electron chi connectivity index (χ4n) is 1.99. The van der Waals surface area contributed by atoms with Gasteiger partial charge in [0.15, 0.2) is 0 Å². The predicted octanol–water partition coefficient (Wildman–Crippen LogP) is 2.06. The molecule has 0 bridgehead atoms. The molecule has 0 radical (unpaired) electrons. The zero-order valence-corrected chi connectivity index (χ0v) is 14.1. The first-order chi connectivity index (χ1) is 10.9. The molecule has 2 N–H and O–H groups in total. The highest BCUT2D eigenvalue weighted by molar-refractivity contribution is 7.54. The maximum absolute atomic E-state index is 12.3. The van der Waals surface area contributed by atoms with Crippen LogP contribution in [0.5, 0.6) is 0 Å². The number of carbonyl (C=O) groups is 2. The van der Waals surface area contributed by atoms with Crippen molar-refractivity contribution < 1.29 is 28.3 Å². The van der Waals surface area contributed by atoms with Gasteiger partial charge >= 0.3 is 13.6 Å². The van der Waals surface area contributed by atoms with Crippen LogP contribution in [0.3, 0.4) is 0 Å². The lowest BCUT2D eigenvalue weighted by molar-refractivity contribution is -0.141. The summed E-state index contributed by atoms with van der Waals surface area (Å²) in [6.45, 7) is 3.55. The first-order valence-corrected chi connectivity index (χ1v) is 9.07. The van der Waals surface area contributed by atoms with Gasteiger partial charge in [0.25, 0.3) is 0 Å². The molecule has 1 rings (SSSR count). The van der Waals surface area contributed by atoms with Crippen molar-refractivity contribution in [3.63, 3.8) is 0 Å². The van der Waals surface area contributed by atoms with Crippen LogP contribution < -0.4 is 5.32 Å². The summed E-state index contributed by atoms with van der Waals surface area (Å²) in [4.78, 5) is 23.3. The Bertz CT molecular complexity index is 552. The third kappa shape index (κ3) is 6.95. The largest absolute Gasteiger partial charge is 0.480 e. The second kappa shape index (κ2) is 9.45. The van der Waals surface area contributed by atoms with Gasteiger partial charge in [-0.05, 0) is 19.4 Å². The van der Waals surface area contributed by atoms with Crippen LogP contribution in [0.4, 0.5) is 0 Å². The molecule has 0 spiro atoms. The number of carbonyl (C=O) groups excluding carboxylic acids is 1. The van der Waals surface area contributed by atoms with Gasteiger partial charge in [-0.15, -0.1) is 0 Å². The summed E-state index contributed by atoms with van der Waals surface area (Å²) in [5, 5.41) is 11.6. The fraction of sp³-hybridized carbons (Fsp3) is 0.467. The van der Waals surface area contributed by atoms with E-state index in [2.05, 4.69) is 5.32 Å². The monoisotopic (exact) mass is 343 g/mol. The van der Waals surface area contributed by atoms with Crippen LogP contribution in [0.25, 0.3) is 0 Å². The molecular formula is C15H22NO6P. The van der Waals surface area contributed by atoms with Gasteiger partial charge in [0.05, 0.1) is 13.2 Å². The summed E-state index contributed by atoms with van der Waals surface area (Å²) in [6.07, 6.45) is -0.372. The van der Waals surface area contributed by atoms with Crippen molar-refractivity contribution in [2.45, 2.75) is 26.3 Å². The quantitative estimate of drug-likeness (QED) is 0.631. The summed E-state index contributed by atoms with van der Waals surface area (Å²) in [6, 6.07) is 7.82. The first-order valence-electron chi connectivity index (χ1n) is 7.34. The molecule has 0 aliphatic heterocycles. The first kappa shape index (κ1) is 19.4. The smallest absolute Gasteiger partial charge is 0.340 e. The lowest BCUT2D eigenvalue weighted by atomic mass is 10.1. The van der Waals surface area contributed by atoms with Gasteiger partial charge in [0, 0.05) is 6.42 Å². The van der Waals surface area contributed by atoms with Crippen molar-refractivity contribution in [2.24, 2.45) is 0 Å². The third-order valence-corrected chi connectivity index (χ3v) is 4.88. The van der Waals surface area contributed by atoms with E-state index in [0.29, 0.717) is 0 Å². The molecule has 8 heteroatoms. The van der Waals surface area contributed by atoms with E-state index in [0.717, 1.165) is 5.56 Å². The molecule has 1 aromatic carbocycles. The summed E-state index contributed by atoms with van der Waals surface area (Å²) in [5.41, 5.74) is 0.776. The second-order valence-corrected chi connectivity index (χ2v) is 6.81.